The highest BCUT2D eigenvalue weighted by Crippen LogP contribution is 2.25. The zero-order valence-electron chi connectivity index (χ0n) is 7.63. The van der Waals surface area contributed by atoms with Gasteiger partial charge in [0.2, 0.25) is 0 Å². The van der Waals surface area contributed by atoms with Crippen LogP contribution in [0.1, 0.15) is 16.7 Å². The molecule has 0 aromatic heterocycles. The number of rotatable bonds is 1. The molecule has 1 nitrogen and oxygen atoms in total. The van der Waals surface area contributed by atoms with Crippen LogP contribution < -0.4 is 0 Å². The summed E-state index contributed by atoms with van der Waals surface area (Å²) in [6.07, 6.45) is 0. The quantitative estimate of drug-likeness (QED) is 0.386. The van der Waals surface area contributed by atoms with Gasteiger partial charge >= 0.3 is 0 Å². The first kappa shape index (κ1) is 9.33. The van der Waals surface area contributed by atoms with Crippen LogP contribution in [0.4, 0.5) is 5.69 Å². The van der Waals surface area contributed by atoms with Gasteiger partial charge in [-0.1, -0.05) is 12.1 Å². The van der Waals surface area contributed by atoms with Crippen LogP contribution in [0.3, 0.4) is 0 Å². The average molecular weight is 179 g/mol. The maximum Gasteiger partial charge on any atom is 0.0696 e. The molecule has 0 radical (unpaired) electrons. The molecule has 2 heteroatoms. The summed E-state index contributed by atoms with van der Waals surface area (Å²) < 4.78 is 0. The van der Waals surface area contributed by atoms with Crippen LogP contribution in [0.2, 0.25) is 0 Å². The molecule has 64 valence electrons. The summed E-state index contributed by atoms with van der Waals surface area (Å²) in [5, 5.41) is 0. The molecule has 0 heterocycles. The first-order valence-corrected chi connectivity index (χ1v) is 4.42. The SMILES string of the molecule is Cc1ccc(C)c(/N=C\S)c1C. The van der Waals surface area contributed by atoms with Gasteiger partial charge in [0.15, 0.2) is 0 Å². The molecule has 12 heavy (non-hydrogen) atoms. The third-order valence-corrected chi connectivity index (χ3v) is 2.21. The normalized spacial score (nSPS) is 11.0. The van der Waals surface area contributed by atoms with Crippen molar-refractivity contribution in [2.45, 2.75) is 20.8 Å². The van der Waals surface area contributed by atoms with E-state index in [0.717, 1.165) is 5.69 Å². The predicted octanol–water partition coefficient (Wildman–Crippen LogP) is 3.20. The first-order valence-electron chi connectivity index (χ1n) is 3.90. The van der Waals surface area contributed by atoms with E-state index in [9.17, 15) is 0 Å². The predicted molar refractivity (Wildman–Crippen MR) is 57.8 cm³/mol. The van der Waals surface area contributed by atoms with Gasteiger partial charge in [0, 0.05) is 0 Å². The highest BCUT2D eigenvalue weighted by Gasteiger charge is 2.01. The Morgan fingerprint density at radius 1 is 1.17 bits per heavy atom. The summed E-state index contributed by atoms with van der Waals surface area (Å²) in [4.78, 5) is 4.21. The van der Waals surface area contributed by atoms with Crippen molar-refractivity contribution < 1.29 is 0 Å². The fourth-order valence-electron chi connectivity index (χ4n) is 1.19. The number of nitrogens with zero attached hydrogens (tertiary/aromatic N) is 1. The van der Waals surface area contributed by atoms with Gasteiger partial charge in [-0.2, -0.15) is 0 Å². The molecule has 1 rings (SSSR count). The van der Waals surface area contributed by atoms with Crippen LogP contribution in [0.5, 0.6) is 0 Å². The lowest BCUT2D eigenvalue weighted by Crippen LogP contribution is -1.84. The molecule has 0 saturated carbocycles. The van der Waals surface area contributed by atoms with Gasteiger partial charge in [0.25, 0.3) is 0 Å². The van der Waals surface area contributed by atoms with Crippen LogP contribution in [0, 0.1) is 20.8 Å². The number of aryl methyl sites for hydroxylation is 2. The third-order valence-electron chi connectivity index (χ3n) is 2.09. The Bertz CT molecular complexity index is 316. The van der Waals surface area contributed by atoms with Gasteiger partial charge in [-0.15, -0.1) is 12.6 Å². The fourth-order valence-corrected chi connectivity index (χ4v) is 1.31. The van der Waals surface area contributed by atoms with Crippen molar-refractivity contribution in [1.82, 2.24) is 0 Å². The molecule has 1 aromatic rings. The lowest BCUT2D eigenvalue weighted by atomic mass is 10.0. The molecule has 0 amide bonds. The third kappa shape index (κ3) is 1.69. The molecule has 0 N–H and O–H groups in total. The molecule has 0 unspecified atom stereocenters. The van der Waals surface area contributed by atoms with E-state index in [4.69, 9.17) is 0 Å². The smallest absolute Gasteiger partial charge is 0.0696 e. The second-order valence-electron chi connectivity index (χ2n) is 2.92. The molecule has 0 aliphatic heterocycles. The maximum atomic E-state index is 4.21. The van der Waals surface area contributed by atoms with Gasteiger partial charge in [-0.3, -0.25) is 0 Å². The zero-order valence-corrected chi connectivity index (χ0v) is 8.52. The minimum Gasteiger partial charge on any atom is -0.250 e. The highest BCUT2D eigenvalue weighted by atomic mass is 32.1. The van der Waals surface area contributed by atoms with E-state index in [1.165, 1.54) is 22.2 Å². The van der Waals surface area contributed by atoms with E-state index >= 15 is 0 Å². The van der Waals surface area contributed by atoms with Gasteiger partial charge in [-0.05, 0) is 37.5 Å². The van der Waals surface area contributed by atoms with Crippen LogP contribution in [0.15, 0.2) is 17.1 Å². The van der Waals surface area contributed by atoms with Gasteiger partial charge in [-0.25, -0.2) is 4.99 Å². The monoisotopic (exact) mass is 179 g/mol. The summed E-state index contributed by atoms with van der Waals surface area (Å²) in [6, 6.07) is 4.20. The summed E-state index contributed by atoms with van der Waals surface area (Å²) in [5.41, 5.74) is 6.29. The number of aliphatic imine (C=N–C) groups is 1. The minimum absolute atomic E-state index is 1.05. The highest BCUT2D eigenvalue weighted by molar-refractivity contribution is 7.94. The van der Waals surface area contributed by atoms with E-state index < -0.39 is 0 Å². The Hall–Kier alpha value is -0.760. The van der Waals surface area contributed by atoms with Gasteiger partial charge in [0.05, 0.1) is 11.2 Å². The standard InChI is InChI=1S/C10H13NS/c1-7-4-5-8(2)10(9(7)3)11-6-12/h4-6H,1-3H3,(H,11,12). The van der Waals surface area contributed by atoms with E-state index in [-0.39, 0.29) is 0 Å². The van der Waals surface area contributed by atoms with Crippen LogP contribution in [-0.2, 0) is 0 Å². The van der Waals surface area contributed by atoms with Crippen molar-refractivity contribution in [2.75, 3.05) is 0 Å². The fraction of sp³-hybridized carbons (Fsp3) is 0.300. The van der Waals surface area contributed by atoms with Gasteiger partial charge in [0.1, 0.15) is 0 Å². The summed E-state index contributed by atoms with van der Waals surface area (Å²) in [6.45, 7) is 6.23. The minimum atomic E-state index is 1.05. The second-order valence-corrected chi connectivity index (χ2v) is 3.15. The van der Waals surface area contributed by atoms with Crippen molar-refractivity contribution in [3.05, 3.63) is 28.8 Å². The van der Waals surface area contributed by atoms with Crippen LogP contribution in [0.25, 0.3) is 0 Å². The largest absolute Gasteiger partial charge is 0.250 e. The topological polar surface area (TPSA) is 12.4 Å². The van der Waals surface area contributed by atoms with E-state index in [2.05, 4.69) is 50.5 Å². The van der Waals surface area contributed by atoms with Crippen molar-refractivity contribution in [3.63, 3.8) is 0 Å². The molecule has 1 aromatic carbocycles. The second kappa shape index (κ2) is 3.76. The summed E-state index contributed by atoms with van der Waals surface area (Å²) >= 11 is 3.97. The Morgan fingerprint density at radius 3 is 2.33 bits per heavy atom. The van der Waals surface area contributed by atoms with Gasteiger partial charge < -0.3 is 0 Å². The van der Waals surface area contributed by atoms with E-state index in [0.29, 0.717) is 0 Å². The molecular formula is C10H13NS. The lowest BCUT2D eigenvalue weighted by Gasteiger charge is -2.06. The summed E-state index contributed by atoms with van der Waals surface area (Å²) in [7, 11) is 0. The molecule has 0 aliphatic rings. The zero-order chi connectivity index (χ0) is 9.14. The molecule has 0 fully saturated rings. The maximum absolute atomic E-state index is 4.21. The van der Waals surface area contributed by atoms with E-state index in [1.54, 1.807) is 0 Å². The Morgan fingerprint density at radius 2 is 1.75 bits per heavy atom. The molecule has 0 aliphatic carbocycles. The molecule has 0 saturated heterocycles. The Balaban J connectivity index is 3.32. The number of thiol groups is 1. The average Bonchev–Trinajstić information content (AvgIpc) is 2.06. The molecule has 0 spiro atoms. The first-order chi connectivity index (χ1) is 5.66. The molecular weight excluding hydrogens is 166 g/mol. The number of benzene rings is 1. The van der Waals surface area contributed by atoms with Crippen LogP contribution in [-0.4, -0.2) is 5.55 Å². The number of hydrogen-bond donors (Lipinski definition) is 1. The molecule has 0 bridgehead atoms. The van der Waals surface area contributed by atoms with E-state index in [1.807, 2.05) is 0 Å². The van der Waals surface area contributed by atoms with Crippen molar-refractivity contribution >= 4 is 23.9 Å². The Labute approximate surface area is 78.9 Å². The molecule has 0 atom stereocenters. The van der Waals surface area contributed by atoms with Crippen molar-refractivity contribution in [1.29, 1.82) is 0 Å². The number of hydrogen-bond acceptors (Lipinski definition) is 1. The van der Waals surface area contributed by atoms with Crippen LogP contribution >= 0.6 is 12.6 Å². The van der Waals surface area contributed by atoms with Crippen molar-refractivity contribution in [2.24, 2.45) is 4.99 Å². The summed E-state index contributed by atoms with van der Waals surface area (Å²) in [5.74, 6) is 0. The lowest BCUT2D eigenvalue weighted by molar-refractivity contribution is 1.27. The Kier molecular flexibility index (Phi) is 2.93. The van der Waals surface area contributed by atoms with Crippen molar-refractivity contribution in [3.8, 4) is 0 Å².